The lowest BCUT2D eigenvalue weighted by atomic mass is 10.0. The van der Waals surface area contributed by atoms with Gasteiger partial charge in [-0.2, -0.15) is 0 Å². The minimum absolute atomic E-state index is 0.000449. The van der Waals surface area contributed by atoms with Crippen molar-refractivity contribution in [3.63, 3.8) is 0 Å². The molecule has 6 nitrogen and oxygen atoms in total. The van der Waals surface area contributed by atoms with E-state index in [2.05, 4.69) is 10.3 Å². The number of rotatable bonds is 7. The smallest absolute Gasteiger partial charge is 0.267 e. The number of methoxy groups -OCH3 is 1. The highest BCUT2D eigenvalue weighted by Crippen LogP contribution is 2.32. The average molecular weight is 332 g/mol. The van der Waals surface area contributed by atoms with E-state index in [1.807, 2.05) is 24.3 Å². The van der Waals surface area contributed by atoms with Crippen LogP contribution < -0.4 is 10.1 Å². The topological polar surface area (TPSA) is 83.6 Å². The Morgan fingerprint density at radius 1 is 1.33 bits per heavy atom. The van der Waals surface area contributed by atoms with Gasteiger partial charge in [0.05, 0.1) is 25.9 Å². The van der Waals surface area contributed by atoms with Crippen molar-refractivity contribution in [2.24, 2.45) is 0 Å². The molecule has 1 heterocycles. The van der Waals surface area contributed by atoms with Crippen molar-refractivity contribution in [3.8, 4) is 5.75 Å². The number of hydrogen-bond acceptors (Lipinski definition) is 4. The Labute approximate surface area is 141 Å². The van der Waals surface area contributed by atoms with E-state index in [0.717, 1.165) is 42.3 Å². The number of aliphatic hydroxyl groups is 1. The first kappa shape index (κ1) is 16.8. The van der Waals surface area contributed by atoms with Gasteiger partial charge < -0.3 is 24.9 Å². The van der Waals surface area contributed by atoms with E-state index in [1.165, 1.54) is 0 Å². The van der Waals surface area contributed by atoms with E-state index in [0.29, 0.717) is 18.8 Å². The average Bonchev–Trinajstić information content (AvgIpc) is 3.24. The van der Waals surface area contributed by atoms with Crippen molar-refractivity contribution in [2.75, 3.05) is 26.9 Å². The van der Waals surface area contributed by atoms with Crippen LogP contribution in [0.3, 0.4) is 0 Å². The molecule has 1 fully saturated rings. The number of fused-ring (bicyclic) bond motifs is 1. The Hall–Kier alpha value is -2.05. The molecular formula is C18H24N2O4. The fourth-order valence-corrected chi connectivity index (χ4v) is 3.35. The van der Waals surface area contributed by atoms with Crippen LogP contribution >= 0.6 is 0 Å². The van der Waals surface area contributed by atoms with Crippen LogP contribution in [-0.2, 0) is 4.74 Å². The summed E-state index contributed by atoms with van der Waals surface area (Å²) in [7, 11) is 1.62. The number of carbonyl (C=O) groups is 1. The largest absolute Gasteiger partial charge is 0.497 e. The SMILES string of the molecule is COc1ccc2cc(C(=O)NCC3(OCCO)CCCC3)[nH]c2c1. The molecule has 6 heteroatoms. The highest BCUT2D eigenvalue weighted by atomic mass is 16.5. The van der Waals surface area contributed by atoms with Crippen LogP contribution in [0.2, 0.25) is 0 Å². The molecule has 0 atom stereocenters. The molecule has 2 aromatic rings. The lowest BCUT2D eigenvalue weighted by molar-refractivity contribution is -0.0511. The van der Waals surface area contributed by atoms with E-state index >= 15 is 0 Å². The van der Waals surface area contributed by atoms with Crippen molar-refractivity contribution < 1.29 is 19.4 Å². The molecule has 24 heavy (non-hydrogen) atoms. The third kappa shape index (κ3) is 3.55. The standard InChI is InChI=1S/C18H24N2O4/c1-23-14-5-4-13-10-16(20-15(13)11-14)17(22)19-12-18(24-9-8-21)6-2-3-7-18/h4-5,10-11,20-21H,2-3,6-9,12H2,1H3,(H,19,22). The van der Waals surface area contributed by atoms with Gasteiger partial charge in [0.25, 0.3) is 5.91 Å². The van der Waals surface area contributed by atoms with E-state index in [4.69, 9.17) is 14.6 Å². The third-order valence-electron chi connectivity index (χ3n) is 4.66. The van der Waals surface area contributed by atoms with Crippen LogP contribution in [0.15, 0.2) is 24.3 Å². The molecule has 1 saturated carbocycles. The molecule has 3 N–H and O–H groups in total. The number of ether oxygens (including phenoxy) is 2. The first-order valence-corrected chi connectivity index (χ1v) is 8.36. The van der Waals surface area contributed by atoms with Crippen LogP contribution in [0.4, 0.5) is 0 Å². The fraction of sp³-hybridized carbons (Fsp3) is 0.500. The second kappa shape index (κ2) is 7.23. The molecular weight excluding hydrogens is 308 g/mol. The molecule has 0 radical (unpaired) electrons. The molecule has 0 unspecified atom stereocenters. The maximum absolute atomic E-state index is 12.5. The van der Waals surface area contributed by atoms with Crippen LogP contribution in [-0.4, -0.2) is 48.5 Å². The Morgan fingerprint density at radius 3 is 2.83 bits per heavy atom. The minimum atomic E-state index is -0.340. The van der Waals surface area contributed by atoms with Crippen LogP contribution in [0.1, 0.15) is 36.2 Å². The zero-order valence-electron chi connectivity index (χ0n) is 13.9. The number of benzene rings is 1. The lowest BCUT2D eigenvalue weighted by Gasteiger charge is -2.29. The minimum Gasteiger partial charge on any atom is -0.497 e. The van der Waals surface area contributed by atoms with Gasteiger partial charge in [-0.05, 0) is 31.0 Å². The van der Waals surface area contributed by atoms with Crippen LogP contribution in [0, 0.1) is 0 Å². The number of aliphatic hydroxyl groups excluding tert-OH is 1. The third-order valence-corrected chi connectivity index (χ3v) is 4.66. The number of carbonyl (C=O) groups excluding carboxylic acids is 1. The van der Waals surface area contributed by atoms with Gasteiger partial charge in [0.15, 0.2) is 0 Å². The zero-order chi connectivity index (χ0) is 17.0. The van der Waals surface area contributed by atoms with E-state index in [-0.39, 0.29) is 18.1 Å². The van der Waals surface area contributed by atoms with Crippen LogP contribution in [0.25, 0.3) is 10.9 Å². The highest BCUT2D eigenvalue weighted by Gasteiger charge is 2.35. The number of amides is 1. The van der Waals surface area contributed by atoms with Gasteiger partial charge in [-0.3, -0.25) is 4.79 Å². The van der Waals surface area contributed by atoms with Gasteiger partial charge in [0.2, 0.25) is 0 Å². The Balaban J connectivity index is 1.68. The van der Waals surface area contributed by atoms with Crippen molar-refractivity contribution in [3.05, 3.63) is 30.0 Å². The molecule has 1 aromatic carbocycles. The number of hydrogen-bond donors (Lipinski definition) is 3. The Bertz CT molecular complexity index is 704. The van der Waals surface area contributed by atoms with Gasteiger partial charge in [0, 0.05) is 23.5 Å². The number of aromatic nitrogens is 1. The van der Waals surface area contributed by atoms with Crippen LogP contribution in [0.5, 0.6) is 5.75 Å². The van der Waals surface area contributed by atoms with Crippen molar-refractivity contribution in [1.29, 1.82) is 0 Å². The maximum Gasteiger partial charge on any atom is 0.267 e. The first-order valence-electron chi connectivity index (χ1n) is 8.36. The summed E-state index contributed by atoms with van der Waals surface area (Å²) in [4.78, 5) is 15.6. The summed E-state index contributed by atoms with van der Waals surface area (Å²) in [5, 5.41) is 12.9. The van der Waals surface area contributed by atoms with E-state index in [1.54, 1.807) is 7.11 Å². The van der Waals surface area contributed by atoms with Gasteiger partial charge >= 0.3 is 0 Å². The quantitative estimate of drug-likeness (QED) is 0.726. The highest BCUT2D eigenvalue weighted by molar-refractivity contribution is 5.98. The summed E-state index contributed by atoms with van der Waals surface area (Å²) in [6.45, 7) is 0.770. The summed E-state index contributed by atoms with van der Waals surface area (Å²) in [6.07, 6.45) is 4.01. The fourth-order valence-electron chi connectivity index (χ4n) is 3.35. The number of nitrogens with one attached hydrogen (secondary N) is 2. The van der Waals surface area contributed by atoms with E-state index < -0.39 is 0 Å². The molecule has 1 aliphatic carbocycles. The lowest BCUT2D eigenvalue weighted by Crippen LogP contribution is -2.43. The molecule has 0 bridgehead atoms. The normalized spacial score (nSPS) is 16.4. The molecule has 0 spiro atoms. The van der Waals surface area contributed by atoms with Gasteiger partial charge in [-0.15, -0.1) is 0 Å². The Morgan fingerprint density at radius 2 is 2.12 bits per heavy atom. The molecule has 1 aromatic heterocycles. The van der Waals surface area contributed by atoms with Gasteiger partial charge in [-0.25, -0.2) is 0 Å². The monoisotopic (exact) mass is 332 g/mol. The predicted octanol–water partition coefficient (Wildman–Crippen LogP) is 2.23. The first-order chi connectivity index (χ1) is 11.7. The summed E-state index contributed by atoms with van der Waals surface area (Å²) in [5.41, 5.74) is 1.05. The number of aromatic amines is 1. The molecule has 130 valence electrons. The zero-order valence-corrected chi connectivity index (χ0v) is 13.9. The molecule has 1 amide bonds. The van der Waals surface area contributed by atoms with Crippen molar-refractivity contribution in [2.45, 2.75) is 31.3 Å². The van der Waals surface area contributed by atoms with Crippen molar-refractivity contribution >= 4 is 16.8 Å². The summed E-state index contributed by atoms with van der Waals surface area (Å²) in [5.74, 6) is 0.600. The second-order valence-corrected chi connectivity index (χ2v) is 6.28. The van der Waals surface area contributed by atoms with Crippen molar-refractivity contribution in [1.82, 2.24) is 10.3 Å². The molecule has 0 aliphatic heterocycles. The molecule has 3 rings (SSSR count). The summed E-state index contributed by atoms with van der Waals surface area (Å²) >= 11 is 0. The predicted molar refractivity (Wildman–Crippen MR) is 91.4 cm³/mol. The Kier molecular flexibility index (Phi) is 5.06. The van der Waals surface area contributed by atoms with Gasteiger partial charge in [-0.1, -0.05) is 12.8 Å². The second-order valence-electron chi connectivity index (χ2n) is 6.28. The summed E-state index contributed by atoms with van der Waals surface area (Å²) in [6, 6.07) is 7.49. The molecule has 0 saturated heterocycles. The van der Waals surface area contributed by atoms with E-state index in [9.17, 15) is 4.79 Å². The molecule has 1 aliphatic rings. The van der Waals surface area contributed by atoms with Gasteiger partial charge in [0.1, 0.15) is 11.4 Å². The maximum atomic E-state index is 12.5. The number of H-pyrrole nitrogens is 1. The summed E-state index contributed by atoms with van der Waals surface area (Å²) < 4.78 is 11.0.